The Hall–Kier alpha value is -1.13. The van der Waals surface area contributed by atoms with Gasteiger partial charge in [-0.2, -0.15) is 0 Å². The zero-order chi connectivity index (χ0) is 13.0. The maximum atomic E-state index is 12.9. The molecule has 1 atom stereocenters. The Balaban J connectivity index is 1.88. The van der Waals surface area contributed by atoms with Crippen LogP contribution in [-0.2, 0) is 12.8 Å². The molecule has 1 aromatic carbocycles. The van der Waals surface area contributed by atoms with E-state index in [9.17, 15) is 4.39 Å². The van der Waals surface area contributed by atoms with Gasteiger partial charge in [0.2, 0.25) is 0 Å². The summed E-state index contributed by atoms with van der Waals surface area (Å²) in [5.41, 5.74) is 7.10. The Morgan fingerprint density at radius 3 is 2.83 bits per heavy atom. The predicted molar refractivity (Wildman–Crippen MR) is 72.8 cm³/mol. The minimum Gasteiger partial charge on any atom is -0.469 e. The van der Waals surface area contributed by atoms with Crippen LogP contribution in [0.3, 0.4) is 0 Å². The SMILES string of the molecule is NC(CCc1ccco1)Cc1ccc(F)cc1Br. The van der Waals surface area contributed by atoms with Gasteiger partial charge >= 0.3 is 0 Å². The Labute approximate surface area is 114 Å². The van der Waals surface area contributed by atoms with Gasteiger partial charge in [0.1, 0.15) is 11.6 Å². The molecule has 0 amide bonds. The summed E-state index contributed by atoms with van der Waals surface area (Å²) < 4.78 is 19.0. The Bertz CT molecular complexity index is 499. The highest BCUT2D eigenvalue weighted by Crippen LogP contribution is 2.20. The smallest absolute Gasteiger partial charge is 0.124 e. The maximum Gasteiger partial charge on any atom is 0.124 e. The zero-order valence-electron chi connectivity index (χ0n) is 9.90. The van der Waals surface area contributed by atoms with E-state index in [0.717, 1.165) is 35.1 Å². The van der Waals surface area contributed by atoms with Gasteiger partial charge < -0.3 is 10.2 Å². The fourth-order valence-corrected chi connectivity index (χ4v) is 2.37. The molecule has 96 valence electrons. The summed E-state index contributed by atoms with van der Waals surface area (Å²) in [5.74, 6) is 0.707. The maximum absolute atomic E-state index is 12.9. The van der Waals surface area contributed by atoms with Crippen molar-refractivity contribution in [3.8, 4) is 0 Å². The molecule has 0 bridgehead atoms. The average molecular weight is 312 g/mol. The van der Waals surface area contributed by atoms with Crippen LogP contribution in [0, 0.1) is 5.82 Å². The highest BCUT2D eigenvalue weighted by atomic mass is 79.9. The van der Waals surface area contributed by atoms with E-state index >= 15 is 0 Å². The summed E-state index contributed by atoms with van der Waals surface area (Å²) in [6.07, 6.45) is 4.06. The summed E-state index contributed by atoms with van der Waals surface area (Å²) in [4.78, 5) is 0. The van der Waals surface area contributed by atoms with Crippen molar-refractivity contribution in [1.29, 1.82) is 0 Å². The van der Waals surface area contributed by atoms with E-state index in [1.54, 1.807) is 12.3 Å². The van der Waals surface area contributed by atoms with Crippen LogP contribution in [0.1, 0.15) is 17.7 Å². The molecule has 1 unspecified atom stereocenters. The van der Waals surface area contributed by atoms with Crippen LogP contribution in [0.15, 0.2) is 45.5 Å². The van der Waals surface area contributed by atoms with Crippen LogP contribution in [0.4, 0.5) is 4.39 Å². The van der Waals surface area contributed by atoms with Crippen LogP contribution < -0.4 is 5.73 Å². The monoisotopic (exact) mass is 311 g/mol. The normalized spacial score (nSPS) is 12.6. The van der Waals surface area contributed by atoms with Gasteiger partial charge in [-0.05, 0) is 42.7 Å². The van der Waals surface area contributed by atoms with E-state index < -0.39 is 0 Å². The van der Waals surface area contributed by atoms with Gasteiger partial charge in [-0.3, -0.25) is 0 Å². The van der Waals surface area contributed by atoms with Crippen LogP contribution >= 0.6 is 15.9 Å². The van der Waals surface area contributed by atoms with Gasteiger partial charge in [-0.25, -0.2) is 4.39 Å². The molecule has 0 saturated carbocycles. The number of hydrogen-bond donors (Lipinski definition) is 1. The van der Waals surface area contributed by atoms with E-state index in [2.05, 4.69) is 15.9 Å². The number of nitrogens with two attached hydrogens (primary N) is 1. The van der Waals surface area contributed by atoms with Crippen LogP contribution in [0.2, 0.25) is 0 Å². The average Bonchev–Trinajstić information content (AvgIpc) is 2.83. The lowest BCUT2D eigenvalue weighted by Crippen LogP contribution is -2.23. The van der Waals surface area contributed by atoms with E-state index in [4.69, 9.17) is 10.2 Å². The van der Waals surface area contributed by atoms with E-state index in [1.165, 1.54) is 12.1 Å². The minimum absolute atomic E-state index is 0.0388. The Morgan fingerprint density at radius 2 is 2.17 bits per heavy atom. The molecule has 0 saturated heterocycles. The third kappa shape index (κ3) is 3.68. The summed E-state index contributed by atoms with van der Waals surface area (Å²) in [6, 6.07) is 8.55. The highest BCUT2D eigenvalue weighted by molar-refractivity contribution is 9.10. The molecule has 2 N–H and O–H groups in total. The largest absolute Gasteiger partial charge is 0.469 e. The van der Waals surface area contributed by atoms with Gasteiger partial charge in [-0.15, -0.1) is 0 Å². The molecule has 18 heavy (non-hydrogen) atoms. The second kappa shape index (κ2) is 6.16. The first kappa shape index (κ1) is 13.3. The number of aryl methyl sites for hydroxylation is 1. The van der Waals surface area contributed by atoms with Crippen molar-refractivity contribution in [3.05, 3.63) is 58.2 Å². The fraction of sp³-hybridized carbons (Fsp3) is 0.286. The predicted octanol–water partition coefficient (Wildman–Crippen LogP) is 3.68. The van der Waals surface area contributed by atoms with Crippen molar-refractivity contribution >= 4 is 15.9 Å². The molecule has 4 heteroatoms. The zero-order valence-corrected chi connectivity index (χ0v) is 11.5. The molecule has 0 aliphatic heterocycles. The van der Waals surface area contributed by atoms with Crippen LogP contribution in [0.25, 0.3) is 0 Å². The summed E-state index contributed by atoms with van der Waals surface area (Å²) in [5, 5.41) is 0. The number of furan rings is 1. The van der Waals surface area contributed by atoms with Gasteiger partial charge in [-0.1, -0.05) is 22.0 Å². The minimum atomic E-state index is -0.241. The molecule has 2 aromatic rings. The topological polar surface area (TPSA) is 39.2 Å². The molecule has 1 heterocycles. The first-order valence-corrected chi connectivity index (χ1v) is 6.66. The second-order valence-corrected chi connectivity index (χ2v) is 5.17. The van der Waals surface area contributed by atoms with Crippen molar-refractivity contribution in [2.75, 3.05) is 0 Å². The van der Waals surface area contributed by atoms with Gasteiger partial charge in [0.15, 0.2) is 0 Å². The van der Waals surface area contributed by atoms with Gasteiger partial charge in [0.05, 0.1) is 6.26 Å². The van der Waals surface area contributed by atoms with E-state index in [1.807, 2.05) is 12.1 Å². The third-order valence-corrected chi connectivity index (χ3v) is 3.58. The van der Waals surface area contributed by atoms with Crippen molar-refractivity contribution in [1.82, 2.24) is 0 Å². The first-order valence-electron chi connectivity index (χ1n) is 5.87. The molecule has 0 aliphatic carbocycles. The number of benzene rings is 1. The molecule has 0 spiro atoms. The highest BCUT2D eigenvalue weighted by Gasteiger charge is 2.09. The molecule has 2 rings (SSSR count). The quantitative estimate of drug-likeness (QED) is 0.914. The lowest BCUT2D eigenvalue weighted by Gasteiger charge is -2.12. The van der Waals surface area contributed by atoms with Crippen molar-refractivity contribution in [2.45, 2.75) is 25.3 Å². The number of rotatable bonds is 5. The van der Waals surface area contributed by atoms with Crippen LogP contribution in [0.5, 0.6) is 0 Å². The van der Waals surface area contributed by atoms with Crippen LogP contribution in [-0.4, -0.2) is 6.04 Å². The molecule has 0 radical (unpaired) electrons. The first-order chi connectivity index (χ1) is 8.65. The van der Waals surface area contributed by atoms with Crippen molar-refractivity contribution < 1.29 is 8.81 Å². The lowest BCUT2D eigenvalue weighted by atomic mass is 10.0. The summed E-state index contributed by atoms with van der Waals surface area (Å²) in [6.45, 7) is 0. The van der Waals surface area contributed by atoms with Gasteiger partial charge in [0.25, 0.3) is 0 Å². The Kier molecular flexibility index (Phi) is 4.55. The van der Waals surface area contributed by atoms with E-state index in [-0.39, 0.29) is 11.9 Å². The fourth-order valence-electron chi connectivity index (χ4n) is 1.85. The second-order valence-electron chi connectivity index (χ2n) is 4.32. The summed E-state index contributed by atoms with van der Waals surface area (Å²) in [7, 11) is 0. The Morgan fingerprint density at radius 1 is 1.33 bits per heavy atom. The standard InChI is InChI=1S/C14H15BrFNO/c15-14-9-11(16)4-3-10(14)8-12(17)5-6-13-2-1-7-18-13/h1-4,7,9,12H,5-6,8,17H2. The molecule has 0 fully saturated rings. The lowest BCUT2D eigenvalue weighted by molar-refractivity contribution is 0.483. The van der Waals surface area contributed by atoms with Gasteiger partial charge in [0, 0.05) is 16.9 Å². The van der Waals surface area contributed by atoms with Crippen molar-refractivity contribution in [3.63, 3.8) is 0 Å². The molecule has 1 aromatic heterocycles. The molecule has 2 nitrogen and oxygen atoms in total. The molecular weight excluding hydrogens is 297 g/mol. The van der Waals surface area contributed by atoms with E-state index in [0.29, 0.717) is 0 Å². The molecule has 0 aliphatic rings. The summed E-state index contributed by atoms with van der Waals surface area (Å²) >= 11 is 3.35. The molecular formula is C14H15BrFNO. The van der Waals surface area contributed by atoms with Crippen molar-refractivity contribution in [2.24, 2.45) is 5.73 Å². The number of hydrogen-bond acceptors (Lipinski definition) is 2. The third-order valence-electron chi connectivity index (χ3n) is 2.84. The number of halogens is 2.